The average Bonchev–Trinajstić information content (AvgIpc) is 3.30. The third kappa shape index (κ3) is 5.85. The van der Waals surface area contributed by atoms with E-state index < -0.39 is 16.9 Å². The monoisotopic (exact) mass is 494 g/mol. The van der Waals surface area contributed by atoms with Gasteiger partial charge in [0.15, 0.2) is 0 Å². The van der Waals surface area contributed by atoms with Gasteiger partial charge in [0.05, 0.1) is 22.1 Å². The second kappa shape index (κ2) is 11.5. The van der Waals surface area contributed by atoms with E-state index in [1.165, 1.54) is 5.56 Å². The minimum absolute atomic E-state index is 0.361. The topological polar surface area (TPSA) is 82.4 Å². The number of nitrogens with one attached hydrogen (secondary N) is 1. The zero-order valence-corrected chi connectivity index (χ0v) is 21.9. The van der Waals surface area contributed by atoms with Gasteiger partial charge in [-0.05, 0) is 80.9 Å². The van der Waals surface area contributed by atoms with Crippen molar-refractivity contribution in [1.82, 2.24) is 14.2 Å². The number of aromatic amines is 1. The molecule has 0 spiro atoms. The third-order valence-corrected chi connectivity index (χ3v) is 8.86. The number of aromatic nitrogens is 1. The summed E-state index contributed by atoms with van der Waals surface area (Å²) in [5.74, 6) is 0.661. The Bertz CT molecular complexity index is 1170. The summed E-state index contributed by atoms with van der Waals surface area (Å²) in [5, 5.41) is 1.06. The summed E-state index contributed by atoms with van der Waals surface area (Å²) in [5.41, 5.74) is 10.4. The fourth-order valence-electron chi connectivity index (χ4n) is 5.25. The van der Waals surface area contributed by atoms with Gasteiger partial charge < -0.3 is 15.6 Å². The van der Waals surface area contributed by atoms with Crippen molar-refractivity contribution in [1.29, 1.82) is 0 Å². The third-order valence-electron chi connectivity index (χ3n) is 7.28. The molecule has 1 atom stereocenters. The first-order chi connectivity index (χ1) is 16.9. The van der Waals surface area contributed by atoms with Gasteiger partial charge in [-0.3, -0.25) is 4.79 Å². The highest BCUT2D eigenvalue weighted by Crippen LogP contribution is 2.37. The largest absolute Gasteiger partial charge is 0.366 e. The highest BCUT2D eigenvalue weighted by atomic mass is 32.2. The van der Waals surface area contributed by atoms with Crippen molar-refractivity contribution >= 4 is 27.8 Å². The molecule has 2 aromatic carbocycles. The summed E-state index contributed by atoms with van der Waals surface area (Å²) in [6.07, 6.45) is 4.90. The van der Waals surface area contributed by atoms with Crippen molar-refractivity contribution in [2.75, 3.05) is 31.9 Å². The van der Waals surface area contributed by atoms with Crippen LogP contribution in [0.3, 0.4) is 0 Å². The van der Waals surface area contributed by atoms with Gasteiger partial charge in [-0.25, -0.2) is 8.51 Å². The van der Waals surface area contributed by atoms with Gasteiger partial charge in [0.1, 0.15) is 0 Å². The Kier molecular flexibility index (Phi) is 8.42. The van der Waals surface area contributed by atoms with Gasteiger partial charge in [-0.15, -0.1) is 0 Å². The van der Waals surface area contributed by atoms with Gasteiger partial charge in [0.25, 0.3) is 5.91 Å². The molecule has 1 aliphatic rings. The number of amides is 1. The number of primary amides is 1. The number of piperidine rings is 1. The molecule has 0 aliphatic carbocycles. The maximum absolute atomic E-state index is 12.9. The molecule has 35 heavy (non-hydrogen) atoms. The summed E-state index contributed by atoms with van der Waals surface area (Å²) in [7, 11) is -0.928. The van der Waals surface area contributed by atoms with Gasteiger partial charge in [-0.1, -0.05) is 37.3 Å². The molecular weight excluding hydrogens is 456 g/mol. The zero-order valence-electron chi connectivity index (χ0n) is 21.1. The number of nitrogens with two attached hydrogens (primary N) is 1. The highest BCUT2D eigenvalue weighted by molar-refractivity contribution is 7.82. The molecule has 7 heteroatoms. The molecule has 0 saturated carbocycles. The van der Waals surface area contributed by atoms with Crippen LogP contribution in [0.2, 0.25) is 0 Å². The van der Waals surface area contributed by atoms with Crippen LogP contribution in [0, 0.1) is 0 Å². The van der Waals surface area contributed by atoms with E-state index in [2.05, 4.69) is 41.0 Å². The Balaban J connectivity index is 1.46. The molecule has 1 fully saturated rings. The molecule has 3 N–H and O–H groups in total. The van der Waals surface area contributed by atoms with Gasteiger partial charge in [0, 0.05) is 36.5 Å². The zero-order chi connectivity index (χ0) is 24.9. The first kappa shape index (κ1) is 25.6. The lowest BCUT2D eigenvalue weighted by molar-refractivity contribution is 0.100. The average molecular weight is 495 g/mol. The molecule has 4 rings (SSSR count). The molecule has 188 valence electrons. The van der Waals surface area contributed by atoms with Crippen LogP contribution in [-0.4, -0.2) is 62.3 Å². The van der Waals surface area contributed by atoms with E-state index >= 15 is 0 Å². The maximum Gasteiger partial charge on any atom is 0.250 e. The normalized spacial score (nSPS) is 16.4. The van der Waals surface area contributed by atoms with E-state index in [1.807, 2.05) is 42.6 Å². The summed E-state index contributed by atoms with van der Waals surface area (Å²) in [6.45, 7) is 10.3. The molecule has 1 amide bonds. The Morgan fingerprint density at radius 1 is 1.17 bits per heavy atom. The van der Waals surface area contributed by atoms with Crippen molar-refractivity contribution < 1.29 is 9.00 Å². The smallest absolute Gasteiger partial charge is 0.250 e. The fourth-order valence-corrected chi connectivity index (χ4v) is 6.51. The van der Waals surface area contributed by atoms with Crippen LogP contribution in [0.4, 0.5) is 0 Å². The molecule has 1 aromatic heterocycles. The van der Waals surface area contributed by atoms with Crippen molar-refractivity contribution in [3.63, 3.8) is 0 Å². The minimum atomic E-state index is -0.928. The van der Waals surface area contributed by atoms with Crippen LogP contribution < -0.4 is 5.73 Å². The number of rotatable bonds is 10. The molecule has 6 nitrogen and oxygen atoms in total. The van der Waals surface area contributed by atoms with Crippen LogP contribution in [-0.2, 0) is 11.0 Å². The van der Waals surface area contributed by atoms with E-state index in [0.717, 1.165) is 73.2 Å². The van der Waals surface area contributed by atoms with E-state index in [0.29, 0.717) is 17.5 Å². The molecule has 1 saturated heterocycles. The second-order valence-corrected chi connectivity index (χ2v) is 11.3. The first-order valence-electron chi connectivity index (χ1n) is 12.8. The molecule has 0 radical (unpaired) electrons. The Morgan fingerprint density at radius 3 is 2.51 bits per heavy atom. The number of hydrogen-bond donors (Lipinski definition) is 2. The number of benzene rings is 2. The van der Waals surface area contributed by atoms with Gasteiger partial charge in [-0.2, -0.15) is 0 Å². The first-order valence-corrected chi connectivity index (χ1v) is 14.0. The van der Waals surface area contributed by atoms with Crippen LogP contribution in [0.1, 0.15) is 61.9 Å². The fraction of sp³-hybridized carbons (Fsp3) is 0.464. The van der Waals surface area contributed by atoms with Crippen molar-refractivity contribution in [2.24, 2.45) is 5.73 Å². The highest BCUT2D eigenvalue weighted by Gasteiger charge is 2.26. The second-order valence-electron chi connectivity index (χ2n) is 9.73. The molecule has 1 aliphatic heterocycles. The Labute approximate surface area is 211 Å². The van der Waals surface area contributed by atoms with Crippen molar-refractivity contribution in [2.45, 2.75) is 52.0 Å². The minimum Gasteiger partial charge on any atom is -0.366 e. The Hall–Kier alpha value is -2.48. The molecule has 2 heterocycles. The quantitative estimate of drug-likeness (QED) is 0.421. The lowest BCUT2D eigenvalue weighted by Gasteiger charge is -2.31. The number of hydrogen-bond acceptors (Lipinski definition) is 3. The predicted molar refractivity (Wildman–Crippen MR) is 146 cm³/mol. The maximum atomic E-state index is 12.9. The number of fused-ring (bicyclic) bond motifs is 1. The number of carbonyl (C=O) groups is 1. The lowest BCUT2D eigenvalue weighted by Crippen LogP contribution is -2.37. The van der Waals surface area contributed by atoms with Crippen LogP contribution in [0.15, 0.2) is 48.7 Å². The van der Waals surface area contributed by atoms with E-state index in [1.54, 1.807) is 0 Å². The van der Waals surface area contributed by atoms with Crippen LogP contribution in [0.5, 0.6) is 0 Å². The summed E-state index contributed by atoms with van der Waals surface area (Å²) < 4.78 is 15.1. The SMILES string of the molecule is CCN(CCCS(=O)N1CCC(c2c[nH]c3c(C(N)=O)cc(-c4ccccc4)cc23)CC1)C(C)C. The van der Waals surface area contributed by atoms with Gasteiger partial charge >= 0.3 is 0 Å². The van der Waals surface area contributed by atoms with Crippen LogP contribution >= 0.6 is 0 Å². The van der Waals surface area contributed by atoms with E-state index in [4.69, 9.17) is 5.73 Å². The standard InChI is InChI=1S/C28H38N4O2S/c1-4-31(20(2)3)13-8-16-35(34)32-14-11-22(12-15-32)26-19-30-27-24(26)17-23(18-25(27)28(29)33)21-9-6-5-7-10-21/h5-7,9-10,17-20,22,30H,4,8,11-16H2,1-3H3,(H2,29,33). The number of H-pyrrole nitrogens is 1. The van der Waals surface area contributed by atoms with Crippen LogP contribution in [0.25, 0.3) is 22.0 Å². The predicted octanol–water partition coefficient (Wildman–Crippen LogP) is 4.90. The van der Waals surface area contributed by atoms with Crippen molar-refractivity contribution in [3.8, 4) is 11.1 Å². The Morgan fingerprint density at radius 2 is 1.89 bits per heavy atom. The summed E-state index contributed by atoms with van der Waals surface area (Å²) in [4.78, 5) is 18.0. The molecule has 1 unspecified atom stereocenters. The summed E-state index contributed by atoms with van der Waals surface area (Å²) in [6, 6.07) is 14.7. The lowest BCUT2D eigenvalue weighted by atomic mass is 9.88. The van der Waals surface area contributed by atoms with Crippen molar-refractivity contribution in [3.05, 3.63) is 59.8 Å². The van der Waals surface area contributed by atoms with Gasteiger partial charge in [0.2, 0.25) is 0 Å². The molecule has 3 aromatic rings. The molecule has 0 bridgehead atoms. The summed E-state index contributed by atoms with van der Waals surface area (Å²) >= 11 is 0. The number of nitrogens with zero attached hydrogens (tertiary/aromatic N) is 2. The molecular formula is C28H38N4O2S. The number of carbonyl (C=O) groups excluding carboxylic acids is 1. The van der Waals surface area contributed by atoms with E-state index in [-0.39, 0.29) is 0 Å². The van der Waals surface area contributed by atoms with E-state index in [9.17, 15) is 9.00 Å².